The number of aromatic nitrogens is 2. The molecular weight excluding hydrogens is 420 g/mol. The van der Waals surface area contributed by atoms with Crippen LogP contribution in [0, 0.1) is 11.8 Å². The van der Waals surface area contributed by atoms with Crippen molar-refractivity contribution in [1.82, 2.24) is 10.2 Å². The van der Waals surface area contributed by atoms with E-state index in [1.165, 1.54) is 16.2 Å². The summed E-state index contributed by atoms with van der Waals surface area (Å²) in [4.78, 5) is 25.3. The Morgan fingerprint density at radius 1 is 0.900 bits per heavy atom. The number of rotatable bonds is 11. The fourth-order valence-corrected chi connectivity index (χ4v) is 4.30. The number of aryl methyl sites for hydroxylation is 2. The lowest BCUT2D eigenvalue weighted by atomic mass is 10.1. The van der Waals surface area contributed by atoms with E-state index in [1.54, 1.807) is 11.3 Å². The van der Waals surface area contributed by atoms with Gasteiger partial charge in [0.25, 0.3) is 0 Å². The van der Waals surface area contributed by atoms with E-state index >= 15 is 0 Å². The third-order valence-corrected chi connectivity index (χ3v) is 6.67. The molecule has 8 nitrogen and oxygen atoms in total. The van der Waals surface area contributed by atoms with Crippen LogP contribution < -0.4 is 22.1 Å². The highest BCUT2D eigenvalue weighted by Gasteiger charge is 2.19. The summed E-state index contributed by atoms with van der Waals surface area (Å²) in [5.74, 6) is -0.212. The standard InChI is InChI=1S/C20H32N6O2S2/c1-11(2)16(21)18(27)23-14-10-9-13(29-14)7-5-6-8-15-25-26-20(30-15)24-19(28)17(22)12(3)4/h9-12,16-17H,5-8,21-22H2,1-4H3,(H,23,27)(H,24,26,28)/t16-,17-/m0/s1. The Morgan fingerprint density at radius 2 is 1.50 bits per heavy atom. The molecule has 0 saturated heterocycles. The average Bonchev–Trinajstić information content (AvgIpc) is 3.32. The number of carbonyl (C=O) groups is 2. The molecule has 2 rings (SSSR count). The number of nitrogens with one attached hydrogen (secondary N) is 2. The summed E-state index contributed by atoms with van der Waals surface area (Å²) in [6, 6.07) is 2.90. The molecule has 2 amide bonds. The van der Waals surface area contributed by atoms with Crippen LogP contribution in [0.25, 0.3) is 0 Å². The molecule has 166 valence electrons. The largest absolute Gasteiger partial charge is 0.320 e. The molecule has 0 aliphatic carbocycles. The summed E-state index contributed by atoms with van der Waals surface area (Å²) in [6.07, 6.45) is 3.70. The number of thiophene rings is 1. The van der Waals surface area contributed by atoms with Crippen molar-refractivity contribution in [2.45, 2.75) is 65.5 Å². The highest BCUT2D eigenvalue weighted by atomic mass is 32.1. The van der Waals surface area contributed by atoms with Crippen LogP contribution in [0.5, 0.6) is 0 Å². The van der Waals surface area contributed by atoms with E-state index in [2.05, 4.69) is 20.8 Å². The molecule has 0 fully saturated rings. The van der Waals surface area contributed by atoms with Crippen LogP contribution in [-0.2, 0) is 22.4 Å². The van der Waals surface area contributed by atoms with Gasteiger partial charge < -0.3 is 16.8 Å². The van der Waals surface area contributed by atoms with Crippen molar-refractivity contribution >= 4 is 44.6 Å². The van der Waals surface area contributed by atoms with Gasteiger partial charge in [0.05, 0.1) is 17.1 Å². The smallest absolute Gasteiger partial charge is 0.243 e. The summed E-state index contributed by atoms with van der Waals surface area (Å²) >= 11 is 2.97. The number of unbranched alkanes of at least 4 members (excludes halogenated alkanes) is 1. The third kappa shape index (κ3) is 7.42. The van der Waals surface area contributed by atoms with Gasteiger partial charge in [0, 0.05) is 11.3 Å². The van der Waals surface area contributed by atoms with Gasteiger partial charge >= 0.3 is 0 Å². The van der Waals surface area contributed by atoms with E-state index < -0.39 is 12.1 Å². The Morgan fingerprint density at radius 3 is 2.13 bits per heavy atom. The van der Waals surface area contributed by atoms with Gasteiger partial charge in [-0.25, -0.2) is 0 Å². The van der Waals surface area contributed by atoms with Crippen molar-refractivity contribution in [2.75, 3.05) is 10.6 Å². The molecule has 0 radical (unpaired) electrons. The number of hydrogen-bond acceptors (Lipinski definition) is 8. The molecule has 10 heteroatoms. The van der Waals surface area contributed by atoms with Crippen molar-refractivity contribution in [1.29, 1.82) is 0 Å². The first-order chi connectivity index (χ1) is 14.2. The lowest BCUT2D eigenvalue weighted by Gasteiger charge is -2.14. The lowest BCUT2D eigenvalue weighted by Crippen LogP contribution is -2.39. The molecule has 30 heavy (non-hydrogen) atoms. The number of nitrogens with two attached hydrogens (primary N) is 2. The van der Waals surface area contributed by atoms with Crippen molar-refractivity contribution in [3.8, 4) is 0 Å². The maximum absolute atomic E-state index is 12.0. The third-order valence-electron chi connectivity index (χ3n) is 4.71. The predicted octanol–water partition coefficient (Wildman–Crippen LogP) is 3.01. The van der Waals surface area contributed by atoms with E-state index in [0.717, 1.165) is 35.7 Å². The molecule has 2 aromatic rings. The number of hydrogen-bond donors (Lipinski definition) is 4. The zero-order valence-electron chi connectivity index (χ0n) is 18.0. The van der Waals surface area contributed by atoms with Gasteiger partial charge in [-0.2, -0.15) is 0 Å². The molecule has 0 spiro atoms. The summed E-state index contributed by atoms with van der Waals surface area (Å²) in [5.41, 5.74) is 11.7. The Hall–Kier alpha value is -1.88. The maximum atomic E-state index is 12.0. The normalized spacial score (nSPS) is 13.5. The van der Waals surface area contributed by atoms with E-state index in [0.29, 0.717) is 5.13 Å². The molecule has 0 aromatic carbocycles. The minimum atomic E-state index is -0.557. The van der Waals surface area contributed by atoms with Gasteiger partial charge in [-0.1, -0.05) is 39.0 Å². The fraction of sp³-hybridized carbons (Fsp3) is 0.600. The second-order valence-electron chi connectivity index (χ2n) is 7.99. The van der Waals surface area contributed by atoms with Gasteiger partial charge in [-0.3, -0.25) is 14.9 Å². The van der Waals surface area contributed by atoms with Crippen LogP contribution in [0.4, 0.5) is 10.1 Å². The summed E-state index contributed by atoms with van der Waals surface area (Å²) in [7, 11) is 0. The van der Waals surface area contributed by atoms with Crippen LogP contribution in [0.1, 0.15) is 50.4 Å². The van der Waals surface area contributed by atoms with E-state index in [9.17, 15) is 9.59 Å². The monoisotopic (exact) mass is 452 g/mol. The van der Waals surface area contributed by atoms with Crippen LogP contribution in [0.15, 0.2) is 12.1 Å². The minimum Gasteiger partial charge on any atom is -0.320 e. The predicted molar refractivity (Wildman–Crippen MR) is 124 cm³/mol. The molecule has 0 unspecified atom stereocenters. The van der Waals surface area contributed by atoms with Crippen molar-refractivity contribution in [3.63, 3.8) is 0 Å². The van der Waals surface area contributed by atoms with Gasteiger partial charge in [0.2, 0.25) is 16.9 Å². The zero-order chi connectivity index (χ0) is 22.3. The van der Waals surface area contributed by atoms with E-state index in [4.69, 9.17) is 11.5 Å². The van der Waals surface area contributed by atoms with Crippen molar-refractivity contribution < 1.29 is 9.59 Å². The van der Waals surface area contributed by atoms with Crippen LogP contribution in [-0.4, -0.2) is 34.1 Å². The maximum Gasteiger partial charge on any atom is 0.243 e. The lowest BCUT2D eigenvalue weighted by molar-refractivity contribution is -0.119. The summed E-state index contributed by atoms with van der Waals surface area (Å²) < 4.78 is 0. The zero-order valence-corrected chi connectivity index (χ0v) is 19.6. The SMILES string of the molecule is CC(C)[C@H](N)C(=O)Nc1ccc(CCCCc2nnc(NC(=O)[C@@H](N)C(C)C)s2)s1. The average molecular weight is 453 g/mol. The van der Waals surface area contributed by atoms with Gasteiger partial charge in [0.15, 0.2) is 0 Å². The number of amides is 2. The van der Waals surface area contributed by atoms with Crippen molar-refractivity contribution in [3.05, 3.63) is 22.0 Å². The molecule has 2 heterocycles. The Labute approximate surface area is 185 Å². The number of nitrogens with zero attached hydrogens (tertiary/aromatic N) is 2. The number of carbonyl (C=O) groups excluding carboxylic acids is 2. The topological polar surface area (TPSA) is 136 Å². The highest BCUT2D eigenvalue weighted by Crippen LogP contribution is 2.24. The first kappa shape index (κ1) is 24.4. The highest BCUT2D eigenvalue weighted by molar-refractivity contribution is 7.16. The molecule has 0 aliphatic heterocycles. The fourth-order valence-electron chi connectivity index (χ4n) is 2.56. The van der Waals surface area contributed by atoms with Gasteiger partial charge in [-0.05, 0) is 43.2 Å². The molecule has 2 atom stereocenters. The molecule has 2 aromatic heterocycles. The second kappa shape index (κ2) is 11.5. The molecule has 6 N–H and O–H groups in total. The molecule has 0 saturated carbocycles. The van der Waals surface area contributed by atoms with Gasteiger partial charge in [0.1, 0.15) is 5.01 Å². The first-order valence-corrected chi connectivity index (χ1v) is 11.8. The number of anilines is 2. The molecule has 0 bridgehead atoms. The van der Waals surface area contributed by atoms with Crippen LogP contribution in [0.2, 0.25) is 0 Å². The molecule has 0 aliphatic rings. The Bertz CT molecular complexity index is 765. The summed E-state index contributed by atoms with van der Waals surface area (Å²) in [6.45, 7) is 7.67. The minimum absolute atomic E-state index is 0.0652. The Kier molecular flexibility index (Phi) is 9.35. The Balaban J connectivity index is 1.72. The van der Waals surface area contributed by atoms with Crippen LogP contribution in [0.3, 0.4) is 0 Å². The van der Waals surface area contributed by atoms with E-state index in [-0.39, 0.29) is 23.7 Å². The van der Waals surface area contributed by atoms with Crippen LogP contribution >= 0.6 is 22.7 Å². The first-order valence-electron chi connectivity index (χ1n) is 10.2. The van der Waals surface area contributed by atoms with Crippen molar-refractivity contribution in [2.24, 2.45) is 23.3 Å². The second-order valence-corrected chi connectivity index (χ2v) is 10.2. The summed E-state index contributed by atoms with van der Waals surface area (Å²) in [5, 5.41) is 16.0. The van der Waals surface area contributed by atoms with Gasteiger partial charge in [-0.15, -0.1) is 21.5 Å². The molecular formula is C20H32N6O2S2. The quantitative estimate of drug-likeness (QED) is 0.387. The van der Waals surface area contributed by atoms with E-state index in [1.807, 2.05) is 39.8 Å².